The predicted molar refractivity (Wildman–Crippen MR) is 57.0 cm³/mol. The van der Waals surface area contributed by atoms with Gasteiger partial charge in [0.05, 0.1) is 25.2 Å². The number of rotatable bonds is 3. The number of Topliss-reactive ketones (excluding diaryl/α,β-unsaturated/α-hetero) is 1. The first-order chi connectivity index (χ1) is 7.10. The molecule has 0 amide bonds. The Morgan fingerprint density at radius 2 is 2.13 bits per heavy atom. The van der Waals surface area contributed by atoms with E-state index in [2.05, 4.69) is 0 Å². The molecule has 15 heavy (non-hydrogen) atoms. The van der Waals surface area contributed by atoms with Gasteiger partial charge < -0.3 is 4.74 Å². The van der Waals surface area contributed by atoms with Crippen LogP contribution in [0, 0.1) is 25.2 Å². The second-order valence-electron chi connectivity index (χ2n) is 3.42. The molecule has 0 unspecified atom stereocenters. The number of nitrogens with zero attached hydrogens (tertiary/aromatic N) is 1. The number of ketones is 1. The number of methoxy groups -OCH3 is 1. The smallest absolute Gasteiger partial charge is 0.180 e. The number of carbonyl (C=O) groups excluding carboxylic acids is 1. The molecule has 1 aromatic rings. The Balaban J connectivity index is 3.27. The van der Waals surface area contributed by atoms with Crippen molar-refractivity contribution in [3.63, 3.8) is 0 Å². The fourth-order valence-corrected chi connectivity index (χ4v) is 1.61. The Morgan fingerprint density at radius 3 is 2.67 bits per heavy atom. The molecule has 0 heterocycles. The van der Waals surface area contributed by atoms with Crippen molar-refractivity contribution in [2.75, 3.05) is 7.11 Å². The standard InChI is InChI=1S/C12H13NO2/c1-8-6-9(2)12(10(14)4-5-13)11(7-8)15-3/h6-7H,4H2,1-3H3. The molecule has 0 aromatic heterocycles. The molecule has 3 heteroatoms. The minimum absolute atomic E-state index is 0.111. The van der Waals surface area contributed by atoms with Crippen molar-refractivity contribution in [3.05, 3.63) is 28.8 Å². The zero-order valence-electron chi connectivity index (χ0n) is 9.13. The molecule has 0 bridgehead atoms. The van der Waals surface area contributed by atoms with Crippen molar-refractivity contribution in [1.82, 2.24) is 0 Å². The highest BCUT2D eigenvalue weighted by Gasteiger charge is 2.15. The SMILES string of the molecule is COc1cc(C)cc(C)c1C(=O)CC#N. The summed E-state index contributed by atoms with van der Waals surface area (Å²) in [6.07, 6.45) is -0.111. The molecule has 0 atom stereocenters. The minimum atomic E-state index is -0.188. The van der Waals surface area contributed by atoms with Crippen LogP contribution < -0.4 is 4.74 Å². The molecule has 78 valence electrons. The largest absolute Gasteiger partial charge is 0.496 e. The summed E-state index contributed by atoms with van der Waals surface area (Å²) in [5, 5.41) is 8.50. The molecule has 0 aliphatic carbocycles. The molecule has 0 saturated heterocycles. The quantitative estimate of drug-likeness (QED) is 0.709. The third-order valence-corrected chi connectivity index (χ3v) is 2.18. The molecule has 1 aromatic carbocycles. The summed E-state index contributed by atoms with van der Waals surface area (Å²) in [7, 11) is 1.53. The van der Waals surface area contributed by atoms with E-state index in [0.717, 1.165) is 11.1 Å². The summed E-state index contributed by atoms with van der Waals surface area (Å²) < 4.78 is 5.14. The number of hydrogen-bond donors (Lipinski definition) is 0. The second kappa shape index (κ2) is 4.61. The Kier molecular flexibility index (Phi) is 3.46. The number of nitriles is 1. The number of benzene rings is 1. The molecule has 3 nitrogen and oxygen atoms in total. The van der Waals surface area contributed by atoms with Crippen molar-refractivity contribution in [2.45, 2.75) is 20.3 Å². The maximum Gasteiger partial charge on any atom is 0.180 e. The third-order valence-electron chi connectivity index (χ3n) is 2.18. The number of ether oxygens (including phenoxy) is 1. The van der Waals surface area contributed by atoms with Crippen LogP contribution in [0.25, 0.3) is 0 Å². The lowest BCUT2D eigenvalue weighted by Crippen LogP contribution is -2.04. The lowest BCUT2D eigenvalue weighted by Gasteiger charge is -2.10. The lowest BCUT2D eigenvalue weighted by atomic mass is 9.99. The summed E-state index contributed by atoms with van der Waals surface area (Å²) in [5.41, 5.74) is 2.41. The summed E-state index contributed by atoms with van der Waals surface area (Å²) in [4.78, 5) is 11.7. The average Bonchev–Trinajstić information content (AvgIpc) is 2.16. The predicted octanol–water partition coefficient (Wildman–Crippen LogP) is 2.41. The molecule has 0 aliphatic rings. The highest BCUT2D eigenvalue weighted by atomic mass is 16.5. The van der Waals surface area contributed by atoms with Gasteiger partial charge in [0, 0.05) is 0 Å². The van der Waals surface area contributed by atoms with Gasteiger partial charge >= 0.3 is 0 Å². The van der Waals surface area contributed by atoms with Crippen molar-refractivity contribution >= 4 is 5.78 Å². The van der Waals surface area contributed by atoms with E-state index in [4.69, 9.17) is 10.00 Å². The zero-order chi connectivity index (χ0) is 11.4. The highest BCUT2D eigenvalue weighted by Crippen LogP contribution is 2.25. The molecule has 0 radical (unpaired) electrons. The van der Waals surface area contributed by atoms with Crippen LogP contribution in [0.15, 0.2) is 12.1 Å². The first-order valence-corrected chi connectivity index (χ1v) is 4.65. The van der Waals surface area contributed by atoms with Gasteiger partial charge in [0.15, 0.2) is 5.78 Å². The number of carbonyl (C=O) groups is 1. The topological polar surface area (TPSA) is 50.1 Å². The van der Waals surface area contributed by atoms with E-state index in [1.165, 1.54) is 7.11 Å². The highest BCUT2D eigenvalue weighted by molar-refractivity contribution is 6.01. The van der Waals surface area contributed by atoms with Crippen LogP contribution >= 0.6 is 0 Å². The fourth-order valence-electron chi connectivity index (χ4n) is 1.61. The van der Waals surface area contributed by atoms with Crippen LogP contribution in [0.5, 0.6) is 5.75 Å². The van der Waals surface area contributed by atoms with Crippen LogP contribution in [-0.4, -0.2) is 12.9 Å². The van der Waals surface area contributed by atoms with Gasteiger partial charge in [-0.05, 0) is 31.0 Å². The summed E-state index contributed by atoms with van der Waals surface area (Å²) in [5.74, 6) is 0.361. The lowest BCUT2D eigenvalue weighted by molar-refractivity contribution is 0.0994. The van der Waals surface area contributed by atoms with E-state index < -0.39 is 0 Å². The normalized spacial score (nSPS) is 9.47. The number of aryl methyl sites for hydroxylation is 2. The van der Waals surface area contributed by atoms with Gasteiger partial charge in [-0.2, -0.15) is 5.26 Å². The molecule has 0 fully saturated rings. The average molecular weight is 203 g/mol. The zero-order valence-corrected chi connectivity index (χ0v) is 9.13. The molecule has 0 saturated carbocycles. The van der Waals surface area contributed by atoms with Crippen molar-refractivity contribution < 1.29 is 9.53 Å². The Hall–Kier alpha value is -1.82. The van der Waals surface area contributed by atoms with Gasteiger partial charge in [-0.1, -0.05) is 6.07 Å². The molecule has 0 aliphatic heterocycles. The van der Waals surface area contributed by atoms with Crippen LogP contribution in [-0.2, 0) is 0 Å². The summed E-state index contributed by atoms with van der Waals surface area (Å²) in [6, 6.07) is 5.57. The van der Waals surface area contributed by atoms with Crippen molar-refractivity contribution in [1.29, 1.82) is 5.26 Å². The van der Waals surface area contributed by atoms with Gasteiger partial charge in [-0.3, -0.25) is 4.79 Å². The van der Waals surface area contributed by atoms with E-state index in [9.17, 15) is 4.79 Å². The van der Waals surface area contributed by atoms with Gasteiger partial charge in [0.1, 0.15) is 5.75 Å². The van der Waals surface area contributed by atoms with E-state index in [0.29, 0.717) is 11.3 Å². The molecule has 0 N–H and O–H groups in total. The second-order valence-corrected chi connectivity index (χ2v) is 3.42. The minimum Gasteiger partial charge on any atom is -0.496 e. The van der Waals surface area contributed by atoms with Gasteiger partial charge in [-0.25, -0.2) is 0 Å². The van der Waals surface area contributed by atoms with Crippen LogP contribution in [0.2, 0.25) is 0 Å². The molecule has 1 rings (SSSR count). The molecule has 0 spiro atoms. The first kappa shape index (κ1) is 11.3. The molecular formula is C12H13NO2. The maximum absolute atomic E-state index is 11.7. The maximum atomic E-state index is 11.7. The fraction of sp³-hybridized carbons (Fsp3) is 0.333. The monoisotopic (exact) mass is 203 g/mol. The van der Waals surface area contributed by atoms with E-state index >= 15 is 0 Å². The van der Waals surface area contributed by atoms with Gasteiger partial charge in [-0.15, -0.1) is 0 Å². The molecular weight excluding hydrogens is 190 g/mol. The van der Waals surface area contributed by atoms with Gasteiger partial charge in [0.2, 0.25) is 0 Å². The third kappa shape index (κ3) is 2.35. The van der Waals surface area contributed by atoms with E-state index in [1.807, 2.05) is 26.0 Å². The van der Waals surface area contributed by atoms with E-state index in [1.54, 1.807) is 6.07 Å². The van der Waals surface area contributed by atoms with Crippen LogP contribution in [0.4, 0.5) is 0 Å². The Labute approximate surface area is 89.3 Å². The van der Waals surface area contributed by atoms with Crippen molar-refractivity contribution in [3.8, 4) is 11.8 Å². The summed E-state index contributed by atoms with van der Waals surface area (Å²) in [6.45, 7) is 3.79. The summed E-state index contributed by atoms with van der Waals surface area (Å²) >= 11 is 0. The van der Waals surface area contributed by atoms with Crippen molar-refractivity contribution in [2.24, 2.45) is 0 Å². The van der Waals surface area contributed by atoms with Crippen LogP contribution in [0.3, 0.4) is 0 Å². The number of hydrogen-bond acceptors (Lipinski definition) is 3. The first-order valence-electron chi connectivity index (χ1n) is 4.65. The van der Waals surface area contributed by atoms with E-state index in [-0.39, 0.29) is 12.2 Å². The van der Waals surface area contributed by atoms with Crippen LogP contribution in [0.1, 0.15) is 27.9 Å². The Bertz CT molecular complexity index is 430. The van der Waals surface area contributed by atoms with Gasteiger partial charge in [0.25, 0.3) is 0 Å². The Morgan fingerprint density at radius 1 is 1.47 bits per heavy atom.